The van der Waals surface area contributed by atoms with E-state index in [4.69, 9.17) is 0 Å². The number of benzene rings is 2. The third kappa shape index (κ3) is 4.59. The first-order chi connectivity index (χ1) is 13.3. The summed E-state index contributed by atoms with van der Waals surface area (Å²) in [6.45, 7) is 2.43. The summed E-state index contributed by atoms with van der Waals surface area (Å²) in [6, 6.07) is 19.9. The van der Waals surface area contributed by atoms with E-state index in [-0.39, 0.29) is 0 Å². The Hall–Kier alpha value is -2.13. The zero-order valence-electron chi connectivity index (χ0n) is 16.1. The number of hydrogen-bond donors (Lipinski definition) is 1. The van der Waals surface area contributed by atoms with Crippen molar-refractivity contribution in [1.82, 2.24) is 4.90 Å². The van der Waals surface area contributed by atoms with Crippen LogP contribution in [-0.2, 0) is 17.6 Å². The van der Waals surface area contributed by atoms with E-state index in [0.29, 0.717) is 24.4 Å². The van der Waals surface area contributed by atoms with Gasteiger partial charge in [-0.2, -0.15) is 0 Å². The molecule has 142 valence electrons. The molecule has 27 heavy (non-hydrogen) atoms. The number of amides is 1. The molecule has 1 amide bonds. The number of carbonyl (C=O) groups excluding carboxylic acids is 1. The maximum Gasteiger partial charge on any atom is 0.277 e. The molecule has 2 aromatic carbocycles. The number of aryl methyl sites for hydroxylation is 1. The monoisotopic (exact) mass is 363 g/mol. The van der Waals surface area contributed by atoms with Gasteiger partial charge in [0.15, 0.2) is 6.54 Å². The van der Waals surface area contributed by atoms with Gasteiger partial charge in [0.25, 0.3) is 5.91 Å². The third-order valence-corrected chi connectivity index (χ3v) is 6.33. The Morgan fingerprint density at radius 1 is 0.963 bits per heavy atom. The summed E-state index contributed by atoms with van der Waals surface area (Å²) in [6.07, 6.45) is 7.01. The molecule has 1 fully saturated rings. The number of likely N-dealkylation sites (tertiary alicyclic amines) is 1. The van der Waals surface area contributed by atoms with Crippen molar-refractivity contribution in [1.29, 1.82) is 0 Å². The second kappa shape index (κ2) is 8.71. The fraction of sp³-hybridized carbons (Fsp3) is 0.458. The van der Waals surface area contributed by atoms with E-state index in [1.807, 2.05) is 0 Å². The average molecular weight is 364 g/mol. The molecule has 1 saturated heterocycles. The minimum Gasteiger partial charge on any atom is -0.338 e. The van der Waals surface area contributed by atoms with Crippen molar-refractivity contribution in [3.05, 3.63) is 71.3 Å². The van der Waals surface area contributed by atoms with Crippen molar-refractivity contribution in [3.63, 3.8) is 0 Å². The Balaban J connectivity index is 1.24. The lowest BCUT2D eigenvalue weighted by molar-refractivity contribution is -0.687. The van der Waals surface area contributed by atoms with Crippen molar-refractivity contribution in [2.24, 2.45) is 5.92 Å². The van der Waals surface area contributed by atoms with Gasteiger partial charge in [-0.15, -0.1) is 0 Å². The summed E-state index contributed by atoms with van der Waals surface area (Å²) in [5, 5.41) is 2.27. The molecular formula is C24H31N2O+. The lowest BCUT2D eigenvalue weighted by Crippen LogP contribution is -2.88. The second-order valence-corrected chi connectivity index (χ2v) is 8.15. The van der Waals surface area contributed by atoms with Gasteiger partial charge in [0.1, 0.15) is 6.04 Å². The third-order valence-electron chi connectivity index (χ3n) is 6.33. The normalized spacial score (nSPS) is 20.3. The highest BCUT2D eigenvalue weighted by Gasteiger charge is 2.27. The highest BCUT2D eigenvalue weighted by molar-refractivity contribution is 5.77. The molecule has 2 N–H and O–H groups in total. The molecule has 2 aliphatic rings. The number of carbonyl (C=O) groups is 1. The molecule has 1 heterocycles. The summed E-state index contributed by atoms with van der Waals surface area (Å²) in [4.78, 5) is 14.8. The second-order valence-electron chi connectivity index (χ2n) is 8.15. The number of rotatable bonds is 5. The van der Waals surface area contributed by atoms with Crippen molar-refractivity contribution in [3.8, 4) is 0 Å². The fourth-order valence-corrected chi connectivity index (χ4v) is 4.74. The van der Waals surface area contributed by atoms with Crippen LogP contribution in [0.2, 0.25) is 0 Å². The number of nitrogens with two attached hydrogens (primary N) is 1. The van der Waals surface area contributed by atoms with Crippen LogP contribution in [0.5, 0.6) is 0 Å². The predicted octanol–water partition coefficient (Wildman–Crippen LogP) is 3.11. The number of fused-ring (bicyclic) bond motifs is 1. The van der Waals surface area contributed by atoms with Crippen LogP contribution in [0.1, 0.15) is 48.4 Å². The molecule has 0 unspecified atom stereocenters. The number of piperidine rings is 1. The molecule has 3 heteroatoms. The molecule has 1 aliphatic carbocycles. The van der Waals surface area contributed by atoms with Crippen LogP contribution in [0.15, 0.2) is 54.6 Å². The Morgan fingerprint density at radius 2 is 1.70 bits per heavy atom. The van der Waals surface area contributed by atoms with Crippen LogP contribution in [-0.4, -0.2) is 30.4 Å². The van der Waals surface area contributed by atoms with Crippen molar-refractivity contribution >= 4 is 5.91 Å². The van der Waals surface area contributed by atoms with E-state index in [2.05, 4.69) is 64.8 Å². The summed E-state index contributed by atoms with van der Waals surface area (Å²) in [7, 11) is 0. The molecular weight excluding hydrogens is 332 g/mol. The van der Waals surface area contributed by atoms with Gasteiger partial charge < -0.3 is 10.2 Å². The standard InChI is InChI=1S/C24H30N2O/c27-24(18-25-23-12-6-10-21-9-4-5-11-22(21)23)26-15-13-20(14-16-26)17-19-7-2-1-3-8-19/h1-5,7-9,11,20,23,25H,6,10,12-18H2/p+1/t23-/m1/s1. The van der Waals surface area contributed by atoms with Crippen LogP contribution < -0.4 is 5.32 Å². The van der Waals surface area contributed by atoms with Gasteiger partial charge in [0.05, 0.1) is 0 Å². The molecule has 2 aromatic rings. The highest BCUT2D eigenvalue weighted by atomic mass is 16.2. The van der Waals surface area contributed by atoms with E-state index >= 15 is 0 Å². The Kier molecular flexibility index (Phi) is 5.88. The first-order valence-electron chi connectivity index (χ1n) is 10.5. The number of hydrogen-bond acceptors (Lipinski definition) is 1. The maximum atomic E-state index is 12.7. The largest absolute Gasteiger partial charge is 0.338 e. The highest BCUT2D eigenvalue weighted by Crippen LogP contribution is 2.26. The Bertz CT molecular complexity index is 750. The van der Waals surface area contributed by atoms with Crippen LogP contribution in [0.3, 0.4) is 0 Å². The molecule has 0 saturated carbocycles. The Morgan fingerprint density at radius 3 is 2.52 bits per heavy atom. The van der Waals surface area contributed by atoms with Gasteiger partial charge in [-0.25, -0.2) is 0 Å². The minimum atomic E-state index is 0.316. The lowest BCUT2D eigenvalue weighted by Gasteiger charge is -2.32. The van der Waals surface area contributed by atoms with Gasteiger partial charge >= 0.3 is 0 Å². The molecule has 1 atom stereocenters. The predicted molar refractivity (Wildman–Crippen MR) is 108 cm³/mol. The van der Waals surface area contributed by atoms with Crippen molar-refractivity contribution < 1.29 is 10.1 Å². The summed E-state index contributed by atoms with van der Waals surface area (Å²) in [5.41, 5.74) is 4.34. The Labute approximate surface area is 162 Å². The van der Waals surface area contributed by atoms with E-state index in [1.54, 1.807) is 0 Å². The molecule has 0 radical (unpaired) electrons. The molecule has 4 rings (SSSR count). The molecule has 0 bridgehead atoms. The number of quaternary nitrogens is 1. The van der Waals surface area contributed by atoms with Crippen LogP contribution in [0, 0.1) is 5.92 Å². The minimum absolute atomic E-state index is 0.316. The van der Waals surface area contributed by atoms with Crippen LogP contribution >= 0.6 is 0 Å². The van der Waals surface area contributed by atoms with Gasteiger partial charge in [-0.1, -0.05) is 54.6 Å². The molecule has 0 spiro atoms. The van der Waals surface area contributed by atoms with Gasteiger partial charge in [-0.05, 0) is 49.1 Å². The van der Waals surface area contributed by atoms with Crippen LogP contribution in [0.25, 0.3) is 0 Å². The average Bonchev–Trinajstić information content (AvgIpc) is 2.73. The van der Waals surface area contributed by atoms with Crippen molar-refractivity contribution in [2.75, 3.05) is 19.6 Å². The summed E-state index contributed by atoms with van der Waals surface area (Å²) < 4.78 is 0. The SMILES string of the molecule is O=C(C[NH2+][C@@H]1CCCc2ccccc21)N1CCC(Cc2ccccc2)CC1. The van der Waals surface area contributed by atoms with E-state index in [9.17, 15) is 4.79 Å². The maximum absolute atomic E-state index is 12.7. The molecule has 1 aliphatic heterocycles. The van der Waals surface area contributed by atoms with Gasteiger partial charge in [0.2, 0.25) is 0 Å². The zero-order chi connectivity index (χ0) is 18.5. The van der Waals surface area contributed by atoms with E-state index in [1.165, 1.54) is 36.0 Å². The summed E-state index contributed by atoms with van der Waals surface area (Å²) in [5.74, 6) is 1.03. The molecule has 0 aromatic heterocycles. The van der Waals surface area contributed by atoms with E-state index in [0.717, 1.165) is 32.4 Å². The quantitative estimate of drug-likeness (QED) is 0.871. The topological polar surface area (TPSA) is 36.9 Å². The molecule has 3 nitrogen and oxygen atoms in total. The zero-order valence-corrected chi connectivity index (χ0v) is 16.1. The van der Waals surface area contributed by atoms with Crippen molar-refractivity contribution in [2.45, 2.75) is 44.6 Å². The van der Waals surface area contributed by atoms with Gasteiger partial charge in [-0.3, -0.25) is 4.79 Å². The summed E-state index contributed by atoms with van der Waals surface area (Å²) >= 11 is 0. The lowest BCUT2D eigenvalue weighted by atomic mass is 9.87. The first kappa shape index (κ1) is 18.2. The smallest absolute Gasteiger partial charge is 0.277 e. The van der Waals surface area contributed by atoms with Crippen LogP contribution in [0.4, 0.5) is 0 Å². The first-order valence-corrected chi connectivity index (χ1v) is 10.5. The van der Waals surface area contributed by atoms with Gasteiger partial charge in [0, 0.05) is 25.1 Å². The fourth-order valence-electron chi connectivity index (χ4n) is 4.74. The van der Waals surface area contributed by atoms with E-state index < -0.39 is 0 Å². The number of nitrogens with zero attached hydrogens (tertiary/aromatic N) is 1.